The lowest BCUT2D eigenvalue weighted by molar-refractivity contribution is 0.511. The second kappa shape index (κ2) is 5.48. The molecule has 0 radical (unpaired) electrons. The van der Waals surface area contributed by atoms with Gasteiger partial charge in [-0.2, -0.15) is 0 Å². The highest BCUT2D eigenvalue weighted by Crippen LogP contribution is 2.20. The van der Waals surface area contributed by atoms with Gasteiger partial charge in [0.2, 0.25) is 0 Å². The van der Waals surface area contributed by atoms with Crippen LogP contribution in [0.2, 0.25) is 0 Å². The third-order valence-electron chi connectivity index (χ3n) is 2.67. The largest absolute Gasteiger partial charge is 0.379 e. The SMILES string of the molecule is Cc1ccc(CNc2cccc(F)c2F)cc1Br. The van der Waals surface area contributed by atoms with Crippen LogP contribution in [-0.2, 0) is 6.54 Å². The minimum Gasteiger partial charge on any atom is -0.379 e. The maximum Gasteiger partial charge on any atom is 0.181 e. The average molecular weight is 312 g/mol. The van der Waals surface area contributed by atoms with Crippen molar-refractivity contribution in [1.82, 2.24) is 0 Å². The van der Waals surface area contributed by atoms with Crippen molar-refractivity contribution in [3.8, 4) is 0 Å². The summed E-state index contributed by atoms with van der Waals surface area (Å²) in [4.78, 5) is 0. The van der Waals surface area contributed by atoms with Crippen LogP contribution in [0.3, 0.4) is 0 Å². The van der Waals surface area contributed by atoms with Gasteiger partial charge in [0.05, 0.1) is 5.69 Å². The molecule has 0 unspecified atom stereocenters. The van der Waals surface area contributed by atoms with Crippen molar-refractivity contribution in [2.45, 2.75) is 13.5 Å². The number of rotatable bonds is 3. The van der Waals surface area contributed by atoms with Crippen LogP contribution in [0.5, 0.6) is 0 Å². The van der Waals surface area contributed by atoms with E-state index in [0.717, 1.165) is 21.7 Å². The molecule has 1 N–H and O–H groups in total. The highest BCUT2D eigenvalue weighted by Gasteiger charge is 2.07. The lowest BCUT2D eigenvalue weighted by Gasteiger charge is -2.09. The van der Waals surface area contributed by atoms with Crippen LogP contribution in [-0.4, -0.2) is 0 Å². The summed E-state index contributed by atoms with van der Waals surface area (Å²) >= 11 is 3.44. The van der Waals surface area contributed by atoms with Gasteiger partial charge < -0.3 is 5.32 Å². The Hall–Kier alpha value is -1.42. The molecule has 0 aliphatic carbocycles. The van der Waals surface area contributed by atoms with Gasteiger partial charge in [0, 0.05) is 11.0 Å². The molecular formula is C14H12BrF2N. The van der Waals surface area contributed by atoms with E-state index in [1.807, 2.05) is 25.1 Å². The van der Waals surface area contributed by atoms with Crippen LogP contribution in [0.15, 0.2) is 40.9 Å². The van der Waals surface area contributed by atoms with Gasteiger partial charge >= 0.3 is 0 Å². The van der Waals surface area contributed by atoms with Gasteiger partial charge in [-0.3, -0.25) is 0 Å². The summed E-state index contributed by atoms with van der Waals surface area (Å²) in [5.74, 6) is -1.69. The fraction of sp³-hybridized carbons (Fsp3) is 0.143. The lowest BCUT2D eigenvalue weighted by Crippen LogP contribution is -2.02. The first-order valence-electron chi connectivity index (χ1n) is 5.51. The summed E-state index contributed by atoms with van der Waals surface area (Å²) in [6.07, 6.45) is 0. The summed E-state index contributed by atoms with van der Waals surface area (Å²) in [5.41, 5.74) is 2.30. The van der Waals surface area contributed by atoms with Crippen molar-refractivity contribution in [1.29, 1.82) is 0 Å². The second-order valence-corrected chi connectivity index (χ2v) is 4.89. The molecular weight excluding hydrogens is 300 g/mol. The van der Waals surface area contributed by atoms with Crippen LogP contribution in [0.4, 0.5) is 14.5 Å². The quantitative estimate of drug-likeness (QED) is 0.870. The van der Waals surface area contributed by atoms with E-state index in [9.17, 15) is 8.78 Å². The third-order valence-corrected chi connectivity index (χ3v) is 3.53. The maximum absolute atomic E-state index is 13.4. The Morgan fingerprint density at radius 3 is 2.67 bits per heavy atom. The minimum atomic E-state index is -0.844. The Morgan fingerprint density at radius 2 is 1.94 bits per heavy atom. The zero-order valence-electron chi connectivity index (χ0n) is 9.81. The summed E-state index contributed by atoms with van der Waals surface area (Å²) in [6, 6.07) is 9.98. The highest BCUT2D eigenvalue weighted by molar-refractivity contribution is 9.10. The van der Waals surface area contributed by atoms with Crippen LogP contribution in [0.1, 0.15) is 11.1 Å². The minimum absolute atomic E-state index is 0.173. The molecule has 0 fully saturated rings. The molecule has 0 aliphatic rings. The summed E-state index contributed by atoms with van der Waals surface area (Å²) in [7, 11) is 0. The van der Waals surface area contributed by atoms with E-state index in [1.54, 1.807) is 0 Å². The molecule has 0 heterocycles. The number of benzene rings is 2. The van der Waals surface area contributed by atoms with Crippen molar-refractivity contribution >= 4 is 21.6 Å². The summed E-state index contributed by atoms with van der Waals surface area (Å²) in [5, 5.41) is 2.88. The molecule has 0 aromatic heterocycles. The molecule has 1 nitrogen and oxygen atoms in total. The molecule has 0 saturated heterocycles. The molecule has 0 amide bonds. The predicted octanol–water partition coefficient (Wildman–Crippen LogP) is 4.65. The number of aryl methyl sites for hydroxylation is 1. The fourth-order valence-corrected chi connectivity index (χ4v) is 2.01. The van der Waals surface area contributed by atoms with Crippen LogP contribution in [0, 0.1) is 18.6 Å². The second-order valence-electron chi connectivity index (χ2n) is 4.04. The molecule has 4 heteroatoms. The van der Waals surface area contributed by atoms with Gasteiger partial charge in [-0.05, 0) is 36.2 Å². The molecule has 2 rings (SSSR count). The standard InChI is InChI=1S/C14H12BrF2N/c1-9-5-6-10(7-11(9)15)8-18-13-4-2-3-12(16)14(13)17/h2-7,18H,8H2,1H3. The van der Waals surface area contributed by atoms with Gasteiger partial charge in [0.15, 0.2) is 11.6 Å². The summed E-state index contributed by atoms with van der Waals surface area (Å²) < 4.78 is 27.4. The molecule has 0 saturated carbocycles. The van der Waals surface area contributed by atoms with E-state index < -0.39 is 11.6 Å². The molecule has 0 bridgehead atoms. The van der Waals surface area contributed by atoms with E-state index in [0.29, 0.717) is 6.54 Å². The molecule has 2 aromatic carbocycles. The van der Waals surface area contributed by atoms with Crippen molar-refractivity contribution in [3.05, 3.63) is 63.6 Å². The van der Waals surface area contributed by atoms with Gasteiger partial charge in [-0.1, -0.05) is 34.1 Å². The first-order valence-corrected chi connectivity index (χ1v) is 6.30. The van der Waals surface area contributed by atoms with E-state index in [-0.39, 0.29) is 5.69 Å². The Morgan fingerprint density at radius 1 is 1.17 bits per heavy atom. The molecule has 18 heavy (non-hydrogen) atoms. The van der Waals surface area contributed by atoms with Gasteiger partial charge in [0.25, 0.3) is 0 Å². The Balaban J connectivity index is 2.11. The van der Waals surface area contributed by atoms with Crippen LogP contribution < -0.4 is 5.32 Å². The van der Waals surface area contributed by atoms with Crippen molar-refractivity contribution in [2.24, 2.45) is 0 Å². The van der Waals surface area contributed by atoms with Gasteiger partial charge in [0.1, 0.15) is 0 Å². The van der Waals surface area contributed by atoms with Gasteiger partial charge in [-0.15, -0.1) is 0 Å². The topological polar surface area (TPSA) is 12.0 Å². The smallest absolute Gasteiger partial charge is 0.181 e. The lowest BCUT2D eigenvalue weighted by atomic mass is 10.1. The van der Waals surface area contributed by atoms with Gasteiger partial charge in [-0.25, -0.2) is 8.78 Å². The third kappa shape index (κ3) is 2.88. The van der Waals surface area contributed by atoms with Crippen LogP contribution in [0.25, 0.3) is 0 Å². The first-order chi connectivity index (χ1) is 8.58. The Kier molecular flexibility index (Phi) is 3.97. The zero-order chi connectivity index (χ0) is 13.1. The number of hydrogen-bond acceptors (Lipinski definition) is 1. The van der Waals surface area contributed by atoms with Crippen molar-refractivity contribution < 1.29 is 8.78 Å². The van der Waals surface area contributed by atoms with E-state index in [2.05, 4.69) is 21.2 Å². The zero-order valence-corrected chi connectivity index (χ0v) is 11.4. The van der Waals surface area contributed by atoms with E-state index in [1.165, 1.54) is 12.1 Å². The van der Waals surface area contributed by atoms with Crippen molar-refractivity contribution in [3.63, 3.8) is 0 Å². The highest BCUT2D eigenvalue weighted by atomic mass is 79.9. The Bertz CT molecular complexity index is 570. The fourth-order valence-electron chi connectivity index (χ4n) is 1.58. The first kappa shape index (κ1) is 13.0. The number of halogens is 3. The number of anilines is 1. The number of nitrogens with one attached hydrogen (secondary N) is 1. The molecule has 0 aliphatic heterocycles. The van der Waals surface area contributed by atoms with Crippen molar-refractivity contribution in [2.75, 3.05) is 5.32 Å². The monoisotopic (exact) mass is 311 g/mol. The normalized spacial score (nSPS) is 10.4. The summed E-state index contributed by atoms with van der Waals surface area (Å²) in [6.45, 7) is 2.44. The van der Waals surface area contributed by atoms with E-state index in [4.69, 9.17) is 0 Å². The predicted molar refractivity (Wildman–Crippen MR) is 72.6 cm³/mol. The molecule has 2 aromatic rings. The molecule has 94 valence electrons. The molecule has 0 spiro atoms. The Labute approximate surface area is 113 Å². The number of hydrogen-bond donors (Lipinski definition) is 1. The molecule has 0 atom stereocenters. The average Bonchev–Trinajstić information content (AvgIpc) is 2.35. The maximum atomic E-state index is 13.4. The van der Waals surface area contributed by atoms with Crippen LogP contribution >= 0.6 is 15.9 Å². The van der Waals surface area contributed by atoms with E-state index >= 15 is 0 Å².